The van der Waals surface area contributed by atoms with E-state index in [-0.39, 0.29) is 12.2 Å². The van der Waals surface area contributed by atoms with Gasteiger partial charge in [0, 0.05) is 12.8 Å². The van der Waals surface area contributed by atoms with Gasteiger partial charge in [-0.3, -0.25) is 0 Å². The Morgan fingerprint density at radius 3 is 1.91 bits per heavy atom. The van der Waals surface area contributed by atoms with Crippen molar-refractivity contribution >= 4 is 0 Å². The van der Waals surface area contributed by atoms with Gasteiger partial charge in [-0.1, -0.05) is 30.9 Å². The Bertz CT molecular complexity index is 389. The Balaban J connectivity index is 0.000000423. The molecule has 134 valence electrons. The minimum absolute atomic E-state index is 0.0256. The monoisotopic (exact) mass is 328 g/mol. The molecule has 1 fully saturated rings. The summed E-state index contributed by atoms with van der Waals surface area (Å²) in [5.41, 5.74) is -1.65. The Morgan fingerprint density at radius 1 is 1.04 bits per heavy atom. The zero-order valence-electron chi connectivity index (χ0n) is 14.6. The van der Waals surface area contributed by atoms with E-state index in [9.17, 15) is 20.4 Å². The highest BCUT2D eigenvalue weighted by Gasteiger charge is 2.43. The molecular formula is C18H32O5. The van der Waals surface area contributed by atoms with Crippen molar-refractivity contribution in [2.75, 3.05) is 0 Å². The van der Waals surface area contributed by atoms with Crippen molar-refractivity contribution in [2.24, 2.45) is 0 Å². The van der Waals surface area contributed by atoms with Gasteiger partial charge in [-0.05, 0) is 27.7 Å². The maximum absolute atomic E-state index is 9.49. The third kappa shape index (κ3) is 12.1. The van der Waals surface area contributed by atoms with Gasteiger partial charge >= 0.3 is 0 Å². The molecule has 0 aromatic heterocycles. The standard InChI is InChI=1S/C9H16O3.C9H16O2/c1-4-7-8(12-7)6(10)5-9(2,3)11;1-4-5-6-8(10)7-9(2,3)11/h4,6-8,10-11H,1,5H2,2-3H3;4-6,8,10-11H,1,7H2,2-3H3/b;6-5+/t6-,7-,8-;/m0./s1. The summed E-state index contributed by atoms with van der Waals surface area (Å²) in [7, 11) is 0. The van der Waals surface area contributed by atoms with Crippen molar-refractivity contribution in [1.82, 2.24) is 0 Å². The molecule has 1 unspecified atom stereocenters. The molecule has 5 nitrogen and oxygen atoms in total. The highest BCUT2D eigenvalue weighted by Crippen LogP contribution is 2.29. The average Bonchev–Trinajstić information content (AvgIpc) is 3.12. The molecule has 1 saturated heterocycles. The van der Waals surface area contributed by atoms with Gasteiger partial charge in [-0.2, -0.15) is 0 Å². The van der Waals surface area contributed by atoms with E-state index in [4.69, 9.17) is 4.74 Å². The third-order valence-corrected chi connectivity index (χ3v) is 3.06. The van der Waals surface area contributed by atoms with Gasteiger partial charge in [0.2, 0.25) is 0 Å². The van der Waals surface area contributed by atoms with E-state index < -0.39 is 23.4 Å². The summed E-state index contributed by atoms with van der Waals surface area (Å²) >= 11 is 0. The number of hydrogen-bond acceptors (Lipinski definition) is 5. The third-order valence-electron chi connectivity index (χ3n) is 3.06. The van der Waals surface area contributed by atoms with E-state index in [2.05, 4.69) is 13.2 Å². The minimum atomic E-state index is -0.836. The molecule has 23 heavy (non-hydrogen) atoms. The number of rotatable bonds is 8. The van der Waals surface area contributed by atoms with Crippen LogP contribution < -0.4 is 0 Å². The molecular weight excluding hydrogens is 296 g/mol. The van der Waals surface area contributed by atoms with Gasteiger partial charge in [0.25, 0.3) is 0 Å². The first-order chi connectivity index (χ1) is 10.4. The van der Waals surface area contributed by atoms with Gasteiger partial charge in [0.05, 0.1) is 23.4 Å². The molecule has 0 aromatic carbocycles. The van der Waals surface area contributed by atoms with E-state index in [1.54, 1.807) is 52.0 Å². The largest absolute Gasteiger partial charge is 0.390 e. The summed E-state index contributed by atoms with van der Waals surface area (Å²) in [6.07, 6.45) is 5.84. The quantitative estimate of drug-likeness (QED) is 0.309. The smallest absolute Gasteiger partial charge is 0.114 e. The molecule has 4 N–H and O–H groups in total. The molecule has 0 spiro atoms. The lowest BCUT2D eigenvalue weighted by molar-refractivity contribution is 0.00871. The Kier molecular flexibility index (Phi) is 8.95. The first-order valence-electron chi connectivity index (χ1n) is 7.78. The number of aliphatic hydroxyl groups is 4. The summed E-state index contributed by atoms with van der Waals surface area (Å²) in [6.45, 7) is 13.7. The lowest BCUT2D eigenvalue weighted by Gasteiger charge is -2.19. The first-order valence-corrected chi connectivity index (χ1v) is 7.78. The second-order valence-corrected chi connectivity index (χ2v) is 7.09. The molecule has 0 aliphatic carbocycles. The summed E-state index contributed by atoms with van der Waals surface area (Å²) in [4.78, 5) is 0. The highest BCUT2D eigenvalue weighted by molar-refractivity contribution is 5.02. The second kappa shape index (κ2) is 9.35. The zero-order chi connectivity index (χ0) is 18.3. The van der Waals surface area contributed by atoms with E-state index >= 15 is 0 Å². The van der Waals surface area contributed by atoms with Crippen molar-refractivity contribution in [3.05, 3.63) is 37.5 Å². The summed E-state index contributed by atoms with van der Waals surface area (Å²) in [5, 5.41) is 37.4. The molecule has 1 aliphatic rings. The van der Waals surface area contributed by atoms with Gasteiger partial charge in [-0.15, -0.1) is 6.58 Å². The van der Waals surface area contributed by atoms with Crippen molar-refractivity contribution in [3.8, 4) is 0 Å². The molecule has 0 bridgehead atoms. The number of aliphatic hydroxyl groups excluding tert-OH is 2. The molecule has 0 aromatic rings. The average molecular weight is 328 g/mol. The predicted molar refractivity (Wildman–Crippen MR) is 92.0 cm³/mol. The van der Waals surface area contributed by atoms with Crippen LogP contribution in [0.4, 0.5) is 0 Å². The normalized spacial score (nSPS) is 23.7. The number of epoxide rings is 1. The van der Waals surface area contributed by atoms with Gasteiger partial charge in [0.15, 0.2) is 0 Å². The summed E-state index contributed by atoms with van der Waals surface area (Å²) in [6, 6.07) is 0. The molecule has 1 rings (SSSR count). The highest BCUT2D eigenvalue weighted by atomic mass is 16.6. The van der Waals surface area contributed by atoms with Gasteiger partial charge in [-0.25, -0.2) is 0 Å². The van der Waals surface area contributed by atoms with Crippen LogP contribution in [0.3, 0.4) is 0 Å². The fourth-order valence-electron chi connectivity index (χ4n) is 2.05. The molecule has 0 amide bonds. The molecule has 0 radical (unpaired) electrons. The molecule has 0 saturated carbocycles. The van der Waals surface area contributed by atoms with Crippen LogP contribution in [0.25, 0.3) is 0 Å². The lowest BCUT2D eigenvalue weighted by atomic mass is 9.98. The molecule has 1 aliphatic heterocycles. The minimum Gasteiger partial charge on any atom is -0.390 e. The summed E-state index contributed by atoms with van der Waals surface area (Å²) in [5.74, 6) is 0. The second-order valence-electron chi connectivity index (χ2n) is 7.09. The molecule has 1 heterocycles. The maximum Gasteiger partial charge on any atom is 0.114 e. The van der Waals surface area contributed by atoms with Crippen LogP contribution in [-0.2, 0) is 4.74 Å². The van der Waals surface area contributed by atoms with Crippen molar-refractivity contribution < 1.29 is 25.2 Å². The zero-order valence-corrected chi connectivity index (χ0v) is 14.6. The Morgan fingerprint density at radius 2 is 1.57 bits per heavy atom. The van der Waals surface area contributed by atoms with Crippen LogP contribution >= 0.6 is 0 Å². The summed E-state index contributed by atoms with van der Waals surface area (Å²) < 4.78 is 5.09. The van der Waals surface area contributed by atoms with E-state index in [1.165, 1.54) is 0 Å². The van der Waals surface area contributed by atoms with Crippen LogP contribution in [0.1, 0.15) is 40.5 Å². The van der Waals surface area contributed by atoms with E-state index in [1.807, 2.05) is 0 Å². The Hall–Kier alpha value is -0.980. The maximum atomic E-state index is 9.49. The van der Waals surface area contributed by atoms with Gasteiger partial charge < -0.3 is 25.2 Å². The van der Waals surface area contributed by atoms with Crippen LogP contribution in [-0.4, -0.2) is 56.0 Å². The number of hydrogen-bond donors (Lipinski definition) is 4. The number of allylic oxidation sites excluding steroid dienone is 2. The SMILES string of the molecule is C=C/C=C/C(O)CC(C)(C)O.C=C[C@@H]1O[C@H]1[C@@H](O)CC(C)(C)O. The van der Waals surface area contributed by atoms with Crippen molar-refractivity contribution in [3.63, 3.8) is 0 Å². The van der Waals surface area contributed by atoms with E-state index in [0.717, 1.165) is 0 Å². The van der Waals surface area contributed by atoms with Gasteiger partial charge in [0.1, 0.15) is 12.2 Å². The Labute approximate surface area is 139 Å². The van der Waals surface area contributed by atoms with E-state index in [0.29, 0.717) is 12.8 Å². The topological polar surface area (TPSA) is 93.5 Å². The fraction of sp³-hybridized carbons (Fsp3) is 0.667. The number of ether oxygens (including phenoxy) is 1. The first kappa shape index (κ1) is 22.0. The van der Waals surface area contributed by atoms with Crippen LogP contribution in [0.2, 0.25) is 0 Å². The predicted octanol–water partition coefficient (Wildman–Crippen LogP) is 1.71. The molecule has 5 heteroatoms. The fourth-order valence-corrected chi connectivity index (χ4v) is 2.05. The molecule has 4 atom stereocenters. The van der Waals surface area contributed by atoms with Crippen LogP contribution in [0, 0.1) is 0 Å². The van der Waals surface area contributed by atoms with Crippen LogP contribution in [0.15, 0.2) is 37.5 Å². The lowest BCUT2D eigenvalue weighted by Crippen LogP contribution is -2.29. The van der Waals surface area contributed by atoms with Crippen molar-refractivity contribution in [2.45, 2.75) is 76.2 Å². The van der Waals surface area contributed by atoms with Crippen molar-refractivity contribution in [1.29, 1.82) is 0 Å². The van der Waals surface area contributed by atoms with Crippen LogP contribution in [0.5, 0.6) is 0 Å².